The van der Waals surface area contributed by atoms with Crippen LogP contribution in [0, 0.1) is 20.8 Å². The van der Waals surface area contributed by atoms with Gasteiger partial charge in [-0.2, -0.15) is 0 Å². The normalized spacial score (nSPS) is 12.3. The fourth-order valence-electron chi connectivity index (χ4n) is 2.79. The molecule has 0 aliphatic carbocycles. The topological polar surface area (TPSA) is 12.0 Å². The van der Waals surface area contributed by atoms with Crippen molar-refractivity contribution in [2.75, 3.05) is 5.32 Å². The van der Waals surface area contributed by atoms with E-state index in [9.17, 15) is 0 Å². The molecular weight excluding hydrogens is 334 g/mol. The molecule has 1 atom stereocenters. The van der Waals surface area contributed by atoms with Gasteiger partial charge in [0, 0.05) is 21.2 Å². The monoisotopic (exact) mass is 351 g/mol. The fourth-order valence-corrected chi connectivity index (χ4v) is 3.58. The molecule has 2 rings (SSSR count). The Hall–Kier alpha value is -0.990. The standard InChI is InChI=1S/C17H19BrClN/c1-10-7-11(2)17(12(3)8-10)13(4)20-16-6-5-14(19)9-15(16)18/h5-9,13,20H,1-4H3. The Balaban J connectivity index is 2.31. The molecule has 20 heavy (non-hydrogen) atoms. The number of aryl methyl sites for hydroxylation is 3. The van der Waals surface area contributed by atoms with E-state index in [4.69, 9.17) is 11.6 Å². The maximum atomic E-state index is 5.98. The number of hydrogen-bond acceptors (Lipinski definition) is 1. The first-order valence-electron chi connectivity index (χ1n) is 6.68. The number of hydrogen-bond donors (Lipinski definition) is 1. The van der Waals surface area contributed by atoms with Crippen molar-refractivity contribution >= 4 is 33.2 Å². The number of rotatable bonds is 3. The maximum absolute atomic E-state index is 5.98. The summed E-state index contributed by atoms with van der Waals surface area (Å²) in [5.74, 6) is 0. The molecule has 2 aromatic carbocycles. The minimum Gasteiger partial charge on any atom is -0.378 e. The van der Waals surface area contributed by atoms with Crippen molar-refractivity contribution in [2.45, 2.75) is 33.7 Å². The first-order chi connectivity index (χ1) is 9.38. The van der Waals surface area contributed by atoms with Crippen LogP contribution in [0.25, 0.3) is 0 Å². The van der Waals surface area contributed by atoms with Gasteiger partial charge < -0.3 is 5.32 Å². The van der Waals surface area contributed by atoms with E-state index in [1.165, 1.54) is 22.3 Å². The van der Waals surface area contributed by atoms with Crippen LogP contribution in [0.5, 0.6) is 0 Å². The van der Waals surface area contributed by atoms with Crippen molar-refractivity contribution in [3.63, 3.8) is 0 Å². The molecule has 1 N–H and O–H groups in total. The minimum absolute atomic E-state index is 0.244. The third-order valence-corrected chi connectivity index (χ3v) is 4.37. The van der Waals surface area contributed by atoms with Crippen molar-refractivity contribution in [3.05, 3.63) is 62.1 Å². The molecule has 2 aromatic rings. The van der Waals surface area contributed by atoms with Crippen molar-refractivity contribution in [3.8, 4) is 0 Å². The van der Waals surface area contributed by atoms with Gasteiger partial charge in [-0.1, -0.05) is 29.3 Å². The lowest BCUT2D eigenvalue weighted by atomic mass is 9.95. The lowest BCUT2D eigenvalue weighted by molar-refractivity contribution is 0.861. The Labute approximate surface area is 134 Å². The van der Waals surface area contributed by atoms with Crippen LogP contribution in [-0.4, -0.2) is 0 Å². The predicted molar refractivity (Wildman–Crippen MR) is 91.8 cm³/mol. The van der Waals surface area contributed by atoms with Crippen molar-refractivity contribution < 1.29 is 0 Å². The van der Waals surface area contributed by atoms with Crippen LogP contribution in [0.3, 0.4) is 0 Å². The predicted octanol–water partition coefficient (Wildman–Crippen LogP) is 6.20. The second kappa shape index (κ2) is 6.19. The first kappa shape index (κ1) is 15.4. The molecule has 0 aliphatic rings. The van der Waals surface area contributed by atoms with Gasteiger partial charge in [-0.3, -0.25) is 0 Å². The summed E-state index contributed by atoms with van der Waals surface area (Å²) in [5, 5.41) is 4.28. The molecule has 1 unspecified atom stereocenters. The zero-order valence-electron chi connectivity index (χ0n) is 12.2. The Morgan fingerprint density at radius 2 is 1.65 bits per heavy atom. The van der Waals surface area contributed by atoms with Gasteiger partial charge in [-0.15, -0.1) is 0 Å². The summed E-state index contributed by atoms with van der Waals surface area (Å²) in [5.41, 5.74) is 6.38. The summed E-state index contributed by atoms with van der Waals surface area (Å²) >= 11 is 9.53. The molecule has 0 amide bonds. The van der Waals surface area contributed by atoms with E-state index in [2.05, 4.69) is 61.1 Å². The van der Waals surface area contributed by atoms with E-state index in [1.54, 1.807) is 0 Å². The highest BCUT2D eigenvalue weighted by atomic mass is 79.9. The van der Waals surface area contributed by atoms with Crippen LogP contribution in [0.15, 0.2) is 34.8 Å². The highest BCUT2D eigenvalue weighted by Gasteiger charge is 2.13. The fraction of sp³-hybridized carbons (Fsp3) is 0.294. The van der Waals surface area contributed by atoms with Gasteiger partial charge in [0.15, 0.2) is 0 Å². The summed E-state index contributed by atoms with van der Waals surface area (Å²) < 4.78 is 0.985. The van der Waals surface area contributed by atoms with Crippen LogP contribution in [0.2, 0.25) is 5.02 Å². The average Bonchev–Trinajstić information content (AvgIpc) is 2.31. The van der Waals surface area contributed by atoms with Gasteiger partial charge >= 0.3 is 0 Å². The Kier molecular flexibility index (Phi) is 4.77. The zero-order chi connectivity index (χ0) is 14.9. The molecule has 0 aliphatic heterocycles. The molecule has 0 heterocycles. The van der Waals surface area contributed by atoms with E-state index in [-0.39, 0.29) is 6.04 Å². The summed E-state index contributed by atoms with van der Waals surface area (Å²) in [6.07, 6.45) is 0. The van der Waals surface area contributed by atoms with Crippen LogP contribution < -0.4 is 5.32 Å². The van der Waals surface area contributed by atoms with Crippen molar-refractivity contribution in [1.82, 2.24) is 0 Å². The van der Waals surface area contributed by atoms with Crippen LogP contribution in [0.4, 0.5) is 5.69 Å². The van der Waals surface area contributed by atoms with Gasteiger partial charge in [0.1, 0.15) is 0 Å². The molecule has 1 nitrogen and oxygen atoms in total. The van der Waals surface area contributed by atoms with Crippen LogP contribution >= 0.6 is 27.5 Å². The van der Waals surface area contributed by atoms with Crippen molar-refractivity contribution in [1.29, 1.82) is 0 Å². The van der Waals surface area contributed by atoms with Crippen LogP contribution in [-0.2, 0) is 0 Å². The van der Waals surface area contributed by atoms with Crippen LogP contribution in [0.1, 0.15) is 35.2 Å². The SMILES string of the molecule is Cc1cc(C)c(C(C)Nc2ccc(Cl)cc2Br)c(C)c1. The Bertz CT molecular complexity index is 614. The van der Waals surface area contributed by atoms with Crippen molar-refractivity contribution in [2.24, 2.45) is 0 Å². The second-order valence-electron chi connectivity index (χ2n) is 5.30. The van der Waals surface area contributed by atoms with E-state index in [0.29, 0.717) is 0 Å². The molecule has 0 aromatic heterocycles. The quantitative estimate of drug-likeness (QED) is 0.693. The highest BCUT2D eigenvalue weighted by molar-refractivity contribution is 9.10. The van der Waals surface area contributed by atoms with Gasteiger partial charge in [-0.25, -0.2) is 0 Å². The summed E-state index contributed by atoms with van der Waals surface area (Å²) in [4.78, 5) is 0. The first-order valence-corrected chi connectivity index (χ1v) is 7.85. The molecule has 0 fully saturated rings. The lowest BCUT2D eigenvalue weighted by Gasteiger charge is -2.21. The Morgan fingerprint density at radius 1 is 1.05 bits per heavy atom. The highest BCUT2D eigenvalue weighted by Crippen LogP contribution is 2.31. The van der Waals surface area contributed by atoms with E-state index >= 15 is 0 Å². The Morgan fingerprint density at radius 3 is 2.20 bits per heavy atom. The number of anilines is 1. The minimum atomic E-state index is 0.244. The third kappa shape index (κ3) is 3.36. The summed E-state index contributed by atoms with van der Waals surface area (Å²) in [6, 6.07) is 10.5. The molecule has 0 bridgehead atoms. The van der Waals surface area contributed by atoms with Gasteiger partial charge in [0.2, 0.25) is 0 Å². The van der Waals surface area contributed by atoms with E-state index in [1.807, 2.05) is 18.2 Å². The maximum Gasteiger partial charge on any atom is 0.0491 e. The third-order valence-electron chi connectivity index (χ3n) is 3.47. The summed E-state index contributed by atoms with van der Waals surface area (Å²) in [7, 11) is 0. The zero-order valence-corrected chi connectivity index (χ0v) is 14.6. The number of nitrogens with one attached hydrogen (secondary N) is 1. The van der Waals surface area contributed by atoms with Gasteiger partial charge in [-0.05, 0) is 78.5 Å². The lowest BCUT2D eigenvalue weighted by Crippen LogP contribution is -2.10. The molecule has 3 heteroatoms. The van der Waals surface area contributed by atoms with Gasteiger partial charge in [0.05, 0.1) is 0 Å². The van der Waals surface area contributed by atoms with Gasteiger partial charge in [0.25, 0.3) is 0 Å². The molecule has 106 valence electrons. The molecular formula is C17H19BrClN. The molecule has 0 radical (unpaired) electrons. The van der Waals surface area contributed by atoms with E-state index in [0.717, 1.165) is 15.2 Å². The molecule has 0 spiro atoms. The summed E-state index contributed by atoms with van der Waals surface area (Å²) in [6.45, 7) is 8.66. The average molecular weight is 353 g/mol. The molecule has 0 saturated carbocycles. The second-order valence-corrected chi connectivity index (χ2v) is 6.59. The smallest absolute Gasteiger partial charge is 0.0491 e. The van der Waals surface area contributed by atoms with E-state index < -0.39 is 0 Å². The number of halogens is 2. The number of benzene rings is 2. The molecule has 0 saturated heterocycles. The largest absolute Gasteiger partial charge is 0.378 e.